The molecule has 0 heterocycles. The van der Waals surface area contributed by atoms with Crippen LogP contribution in [-0.2, 0) is 6.42 Å². The minimum Gasteiger partial charge on any atom is -0.271 e. The van der Waals surface area contributed by atoms with Gasteiger partial charge in [0, 0.05) is 8.04 Å². The first kappa shape index (κ1) is 15.0. The molecule has 0 saturated heterocycles. The second-order valence-corrected chi connectivity index (χ2v) is 6.43. The fraction of sp³-hybridized carbons (Fsp3) is 0.200. The molecule has 2 rings (SSSR count). The summed E-state index contributed by atoms with van der Waals surface area (Å²) in [6, 6.07) is 14.7. The van der Waals surface area contributed by atoms with Gasteiger partial charge >= 0.3 is 0 Å². The van der Waals surface area contributed by atoms with Gasteiger partial charge in [-0.2, -0.15) is 0 Å². The molecule has 0 aliphatic carbocycles. The van der Waals surface area contributed by atoms with Gasteiger partial charge in [-0.05, 0) is 58.7 Å². The number of hydrogen-bond donors (Lipinski definition) is 2. The van der Waals surface area contributed by atoms with Crippen molar-refractivity contribution >= 4 is 38.5 Å². The van der Waals surface area contributed by atoms with Gasteiger partial charge < -0.3 is 0 Å². The van der Waals surface area contributed by atoms with Crippen molar-refractivity contribution in [2.45, 2.75) is 19.4 Å². The molecule has 4 heteroatoms. The first-order chi connectivity index (χ1) is 9.13. The first-order valence-corrected chi connectivity index (χ1v) is 7.95. The summed E-state index contributed by atoms with van der Waals surface area (Å²) in [7, 11) is 0. The average molecular weight is 431 g/mol. The molecule has 0 aliphatic rings. The zero-order valence-corrected chi connectivity index (χ0v) is 14.4. The molecule has 3 N–H and O–H groups in total. The highest BCUT2D eigenvalue weighted by atomic mass is 127. The maximum Gasteiger partial charge on any atom is 0.0511 e. The van der Waals surface area contributed by atoms with Crippen LogP contribution in [0.15, 0.2) is 46.9 Å². The summed E-state index contributed by atoms with van der Waals surface area (Å²) in [4.78, 5) is 0. The largest absolute Gasteiger partial charge is 0.271 e. The third-order valence-corrected chi connectivity index (χ3v) is 5.43. The van der Waals surface area contributed by atoms with Crippen LogP contribution in [0.5, 0.6) is 0 Å². The normalized spacial score (nSPS) is 12.4. The molecule has 0 aliphatic heterocycles. The molecule has 1 unspecified atom stereocenters. The summed E-state index contributed by atoms with van der Waals surface area (Å²) in [6.45, 7) is 2.12. The van der Waals surface area contributed by atoms with Gasteiger partial charge in [0.15, 0.2) is 0 Å². The van der Waals surface area contributed by atoms with E-state index in [4.69, 9.17) is 5.84 Å². The number of benzene rings is 2. The van der Waals surface area contributed by atoms with Gasteiger partial charge in [0.25, 0.3) is 0 Å². The number of rotatable bonds is 4. The predicted molar refractivity (Wildman–Crippen MR) is 91.8 cm³/mol. The molecule has 0 saturated carbocycles. The highest BCUT2D eigenvalue weighted by Crippen LogP contribution is 2.27. The van der Waals surface area contributed by atoms with Crippen molar-refractivity contribution in [2.24, 2.45) is 5.84 Å². The van der Waals surface area contributed by atoms with Gasteiger partial charge in [0.2, 0.25) is 0 Å². The molecule has 0 radical (unpaired) electrons. The van der Waals surface area contributed by atoms with Crippen LogP contribution in [0.25, 0.3) is 0 Å². The van der Waals surface area contributed by atoms with Crippen LogP contribution in [0, 0.1) is 10.5 Å². The van der Waals surface area contributed by atoms with Crippen LogP contribution in [0.3, 0.4) is 0 Å². The Hall–Kier alpha value is -0.430. The van der Waals surface area contributed by atoms with E-state index in [1.165, 1.54) is 20.3 Å². The van der Waals surface area contributed by atoms with E-state index in [9.17, 15) is 0 Å². The second-order valence-electron chi connectivity index (χ2n) is 4.49. The van der Waals surface area contributed by atoms with E-state index < -0.39 is 0 Å². The van der Waals surface area contributed by atoms with Crippen molar-refractivity contribution in [2.75, 3.05) is 0 Å². The van der Waals surface area contributed by atoms with Gasteiger partial charge in [-0.25, -0.2) is 0 Å². The van der Waals surface area contributed by atoms with E-state index >= 15 is 0 Å². The van der Waals surface area contributed by atoms with Gasteiger partial charge in [0.05, 0.1) is 6.04 Å². The zero-order valence-electron chi connectivity index (χ0n) is 10.7. The third kappa shape index (κ3) is 3.56. The minimum absolute atomic E-state index is 0.116. The van der Waals surface area contributed by atoms with Crippen LogP contribution in [0.2, 0.25) is 0 Å². The van der Waals surface area contributed by atoms with E-state index in [0.29, 0.717) is 0 Å². The summed E-state index contributed by atoms with van der Waals surface area (Å²) < 4.78 is 2.40. The average Bonchev–Trinajstić information content (AvgIpc) is 2.41. The highest BCUT2D eigenvalue weighted by Gasteiger charge is 2.15. The molecule has 0 bridgehead atoms. The number of nitrogens with one attached hydrogen (secondary N) is 1. The molecule has 100 valence electrons. The number of hydrazine groups is 1. The monoisotopic (exact) mass is 430 g/mol. The van der Waals surface area contributed by atoms with Crippen LogP contribution >= 0.6 is 38.5 Å². The summed E-state index contributed by atoms with van der Waals surface area (Å²) in [5.41, 5.74) is 6.72. The highest BCUT2D eigenvalue weighted by molar-refractivity contribution is 14.1. The maximum absolute atomic E-state index is 5.75. The van der Waals surface area contributed by atoms with Gasteiger partial charge in [-0.15, -0.1) is 0 Å². The molecule has 2 nitrogen and oxygen atoms in total. The van der Waals surface area contributed by atoms with Crippen molar-refractivity contribution in [3.05, 3.63) is 67.2 Å². The standard InChI is InChI=1S/C15H16BrIN2/c1-10-5-4-7-12(15(10)17)14(19-18)9-11-6-2-3-8-13(11)16/h2-8,14,19H,9,18H2,1H3. The topological polar surface area (TPSA) is 38.0 Å². The van der Waals surface area contributed by atoms with Gasteiger partial charge in [-0.3, -0.25) is 11.3 Å². The number of aryl methyl sites for hydroxylation is 1. The molecule has 19 heavy (non-hydrogen) atoms. The number of nitrogens with two attached hydrogens (primary N) is 1. The molecule has 0 spiro atoms. The second kappa shape index (κ2) is 6.83. The zero-order chi connectivity index (χ0) is 13.8. The smallest absolute Gasteiger partial charge is 0.0511 e. The lowest BCUT2D eigenvalue weighted by Gasteiger charge is -2.19. The molecule has 0 amide bonds. The minimum atomic E-state index is 0.116. The fourth-order valence-corrected chi connectivity index (χ4v) is 3.26. The summed E-state index contributed by atoms with van der Waals surface area (Å²) >= 11 is 5.98. The van der Waals surface area contributed by atoms with Crippen LogP contribution in [0.1, 0.15) is 22.7 Å². The molecule has 0 fully saturated rings. The summed E-state index contributed by atoms with van der Waals surface area (Å²) in [6.07, 6.45) is 0.859. The van der Waals surface area contributed by atoms with E-state index in [-0.39, 0.29) is 6.04 Å². The summed E-state index contributed by atoms with van der Waals surface area (Å²) in [5.74, 6) is 5.75. The maximum atomic E-state index is 5.75. The first-order valence-electron chi connectivity index (χ1n) is 6.08. The lowest BCUT2D eigenvalue weighted by molar-refractivity contribution is 0.548. The molecule has 2 aromatic carbocycles. The van der Waals surface area contributed by atoms with Crippen LogP contribution < -0.4 is 11.3 Å². The lowest BCUT2D eigenvalue weighted by atomic mass is 9.98. The molecule has 0 aromatic heterocycles. The fourth-order valence-electron chi connectivity index (χ4n) is 2.08. The third-order valence-electron chi connectivity index (χ3n) is 3.18. The van der Waals surface area contributed by atoms with E-state index in [1.54, 1.807) is 0 Å². The van der Waals surface area contributed by atoms with Crippen molar-refractivity contribution in [1.29, 1.82) is 0 Å². The molecule has 1 atom stereocenters. The Labute approximate surface area is 136 Å². The van der Waals surface area contributed by atoms with Crippen LogP contribution in [0.4, 0.5) is 0 Å². The Morgan fingerprint density at radius 2 is 1.95 bits per heavy atom. The van der Waals surface area contributed by atoms with Crippen molar-refractivity contribution in [3.8, 4) is 0 Å². The van der Waals surface area contributed by atoms with Gasteiger partial charge in [0.1, 0.15) is 0 Å². The van der Waals surface area contributed by atoms with Crippen molar-refractivity contribution < 1.29 is 0 Å². The Morgan fingerprint density at radius 3 is 2.63 bits per heavy atom. The molecular weight excluding hydrogens is 415 g/mol. The van der Waals surface area contributed by atoms with Gasteiger partial charge in [-0.1, -0.05) is 52.3 Å². The van der Waals surface area contributed by atoms with Crippen molar-refractivity contribution in [3.63, 3.8) is 0 Å². The predicted octanol–water partition coefficient (Wildman–Crippen LogP) is 4.11. The lowest BCUT2D eigenvalue weighted by Crippen LogP contribution is -2.30. The van der Waals surface area contributed by atoms with E-state index in [2.05, 4.69) is 87.3 Å². The number of hydrogen-bond acceptors (Lipinski definition) is 2. The Bertz CT molecular complexity index is 572. The number of halogens is 2. The molecular formula is C15H16BrIN2. The SMILES string of the molecule is Cc1cccc(C(Cc2ccccc2Br)NN)c1I. The summed E-state index contributed by atoms with van der Waals surface area (Å²) in [5, 5.41) is 0. The molecule has 2 aromatic rings. The van der Waals surface area contributed by atoms with E-state index in [1.807, 2.05) is 6.07 Å². The van der Waals surface area contributed by atoms with Crippen molar-refractivity contribution in [1.82, 2.24) is 5.43 Å². The Kier molecular flexibility index (Phi) is 5.38. The Balaban J connectivity index is 2.31. The quantitative estimate of drug-likeness (QED) is 0.435. The van der Waals surface area contributed by atoms with Crippen LogP contribution in [-0.4, -0.2) is 0 Å². The Morgan fingerprint density at radius 1 is 1.21 bits per heavy atom. The van der Waals surface area contributed by atoms with E-state index in [0.717, 1.165) is 10.9 Å².